The molecule has 1 aliphatic carbocycles. The average molecular weight is 395 g/mol. The van der Waals surface area contributed by atoms with Crippen LogP contribution in [0.15, 0.2) is 36.5 Å². The summed E-state index contributed by atoms with van der Waals surface area (Å²) >= 11 is 0. The number of aromatic nitrogens is 2. The van der Waals surface area contributed by atoms with Crippen molar-refractivity contribution in [2.45, 2.75) is 37.7 Å². The molecule has 2 aliphatic heterocycles. The van der Waals surface area contributed by atoms with Crippen LogP contribution in [-0.2, 0) is 31.1 Å². The summed E-state index contributed by atoms with van der Waals surface area (Å²) in [5.41, 5.74) is 1.85. The van der Waals surface area contributed by atoms with E-state index in [0.717, 1.165) is 17.8 Å². The van der Waals surface area contributed by atoms with Crippen molar-refractivity contribution in [2.24, 2.45) is 5.41 Å². The SMILES string of the molecule is COC(=O)C1(C(=O)N2CCC3(CC2)OCCc2cn(-c4ccccc4)nc23)CC1. The molecule has 1 aromatic heterocycles. The maximum Gasteiger partial charge on any atom is 0.321 e. The maximum atomic E-state index is 13.0. The average Bonchev–Trinajstić information content (AvgIpc) is 3.46. The monoisotopic (exact) mass is 395 g/mol. The summed E-state index contributed by atoms with van der Waals surface area (Å²) in [4.78, 5) is 26.8. The number of hydrogen-bond donors (Lipinski definition) is 0. The number of piperidine rings is 1. The molecular weight excluding hydrogens is 370 g/mol. The van der Waals surface area contributed by atoms with Crippen molar-refractivity contribution >= 4 is 11.9 Å². The summed E-state index contributed by atoms with van der Waals surface area (Å²) in [7, 11) is 1.35. The summed E-state index contributed by atoms with van der Waals surface area (Å²) in [5, 5.41) is 4.88. The Hall–Kier alpha value is -2.67. The highest BCUT2D eigenvalue weighted by Crippen LogP contribution is 2.49. The summed E-state index contributed by atoms with van der Waals surface area (Å²) in [5.74, 6) is -0.495. The van der Waals surface area contributed by atoms with Crippen molar-refractivity contribution in [3.05, 3.63) is 47.8 Å². The second-order valence-corrected chi connectivity index (χ2v) is 8.24. The molecule has 1 spiro atoms. The minimum absolute atomic E-state index is 0.0925. The predicted molar refractivity (Wildman–Crippen MR) is 104 cm³/mol. The molecule has 0 atom stereocenters. The smallest absolute Gasteiger partial charge is 0.321 e. The number of methoxy groups -OCH3 is 1. The highest BCUT2D eigenvalue weighted by Gasteiger charge is 2.60. The Morgan fingerprint density at radius 2 is 1.83 bits per heavy atom. The molecule has 0 bridgehead atoms. The molecular formula is C22H25N3O4. The van der Waals surface area contributed by atoms with Crippen LogP contribution in [0.4, 0.5) is 0 Å². The quantitative estimate of drug-likeness (QED) is 0.589. The van der Waals surface area contributed by atoms with Gasteiger partial charge in [-0.05, 0) is 49.8 Å². The molecule has 152 valence electrons. The number of benzene rings is 1. The zero-order valence-electron chi connectivity index (χ0n) is 16.6. The first-order valence-corrected chi connectivity index (χ1v) is 10.2. The summed E-state index contributed by atoms with van der Waals surface area (Å²) < 4.78 is 13.1. The van der Waals surface area contributed by atoms with E-state index in [9.17, 15) is 9.59 Å². The summed E-state index contributed by atoms with van der Waals surface area (Å²) in [6.45, 7) is 1.79. The third-order valence-corrected chi connectivity index (χ3v) is 6.59. The fourth-order valence-corrected chi connectivity index (χ4v) is 4.69. The Morgan fingerprint density at radius 3 is 2.48 bits per heavy atom. The molecule has 0 N–H and O–H groups in total. The molecule has 3 heterocycles. The van der Waals surface area contributed by atoms with Crippen LogP contribution in [0.25, 0.3) is 5.69 Å². The maximum absolute atomic E-state index is 13.0. The lowest BCUT2D eigenvalue weighted by Gasteiger charge is -2.43. The second-order valence-electron chi connectivity index (χ2n) is 8.24. The highest BCUT2D eigenvalue weighted by atomic mass is 16.5. The lowest BCUT2D eigenvalue weighted by molar-refractivity contribution is -0.159. The van der Waals surface area contributed by atoms with Gasteiger partial charge in [-0.2, -0.15) is 5.10 Å². The van der Waals surface area contributed by atoms with Gasteiger partial charge in [0.2, 0.25) is 5.91 Å². The van der Waals surface area contributed by atoms with Crippen LogP contribution in [0.2, 0.25) is 0 Å². The van der Waals surface area contributed by atoms with Crippen molar-refractivity contribution in [1.82, 2.24) is 14.7 Å². The molecule has 7 heteroatoms. The molecule has 2 aromatic rings. The fourth-order valence-electron chi connectivity index (χ4n) is 4.69. The molecule has 1 aromatic carbocycles. The van der Waals surface area contributed by atoms with E-state index in [-0.39, 0.29) is 5.91 Å². The van der Waals surface area contributed by atoms with Gasteiger partial charge in [-0.3, -0.25) is 9.59 Å². The Bertz CT molecular complexity index is 940. The van der Waals surface area contributed by atoms with Crippen molar-refractivity contribution in [3.63, 3.8) is 0 Å². The van der Waals surface area contributed by atoms with E-state index in [1.807, 2.05) is 35.0 Å². The molecule has 1 saturated carbocycles. The van der Waals surface area contributed by atoms with E-state index in [2.05, 4.69) is 6.20 Å². The number of likely N-dealkylation sites (tertiary alicyclic amines) is 1. The van der Waals surface area contributed by atoms with Crippen LogP contribution < -0.4 is 0 Å². The first-order chi connectivity index (χ1) is 14.1. The number of hydrogen-bond acceptors (Lipinski definition) is 5. The Labute approximate surface area is 169 Å². The van der Waals surface area contributed by atoms with Gasteiger partial charge in [-0.15, -0.1) is 0 Å². The minimum atomic E-state index is -0.938. The Morgan fingerprint density at radius 1 is 1.10 bits per heavy atom. The number of amides is 1. The van der Waals surface area contributed by atoms with Crippen molar-refractivity contribution < 1.29 is 19.1 Å². The van der Waals surface area contributed by atoms with E-state index in [1.165, 1.54) is 12.7 Å². The largest absolute Gasteiger partial charge is 0.468 e. The van der Waals surface area contributed by atoms with Crippen molar-refractivity contribution in [3.8, 4) is 5.69 Å². The third-order valence-electron chi connectivity index (χ3n) is 6.59. The van der Waals surface area contributed by atoms with Crippen LogP contribution in [0, 0.1) is 5.41 Å². The topological polar surface area (TPSA) is 73.7 Å². The molecule has 1 amide bonds. The van der Waals surface area contributed by atoms with E-state index in [1.54, 1.807) is 4.90 Å². The van der Waals surface area contributed by atoms with Crippen molar-refractivity contribution in [2.75, 3.05) is 26.8 Å². The molecule has 3 aliphatic rings. The first kappa shape index (κ1) is 18.4. The fraction of sp³-hybridized carbons (Fsp3) is 0.500. The number of carbonyl (C=O) groups is 2. The van der Waals surface area contributed by atoms with Gasteiger partial charge in [0.25, 0.3) is 0 Å². The normalized spacial score (nSPS) is 21.5. The number of rotatable bonds is 3. The van der Waals surface area contributed by atoms with E-state index in [0.29, 0.717) is 45.4 Å². The number of ether oxygens (including phenoxy) is 2. The predicted octanol–water partition coefficient (Wildman–Crippen LogP) is 2.22. The molecule has 29 heavy (non-hydrogen) atoms. The van der Waals surface area contributed by atoms with Crippen molar-refractivity contribution in [1.29, 1.82) is 0 Å². The van der Waals surface area contributed by atoms with Crippen LogP contribution in [0.1, 0.15) is 36.9 Å². The van der Waals surface area contributed by atoms with E-state index < -0.39 is 17.0 Å². The standard InChI is InChI=1S/C22H25N3O4/c1-28-20(27)21(8-9-21)19(26)24-12-10-22(11-13-24)18-16(7-14-29-22)15-25(23-18)17-5-3-2-4-6-17/h2-6,15H,7-14H2,1H3. The second kappa shape index (κ2) is 6.69. The molecule has 0 unspecified atom stereocenters. The van der Waals surface area contributed by atoms with E-state index in [4.69, 9.17) is 14.6 Å². The lowest BCUT2D eigenvalue weighted by Crippen LogP contribution is -2.51. The van der Waals surface area contributed by atoms with Gasteiger partial charge in [0.15, 0.2) is 0 Å². The molecule has 7 nitrogen and oxygen atoms in total. The van der Waals surface area contributed by atoms with Crippen LogP contribution in [0.5, 0.6) is 0 Å². The minimum Gasteiger partial charge on any atom is -0.468 e. The van der Waals surface area contributed by atoms with Crippen LogP contribution in [-0.4, -0.2) is 53.4 Å². The van der Waals surface area contributed by atoms with Gasteiger partial charge in [0.1, 0.15) is 11.0 Å². The van der Waals surface area contributed by atoms with Crippen LogP contribution in [0.3, 0.4) is 0 Å². The number of fused-ring (bicyclic) bond motifs is 2. The Kier molecular flexibility index (Phi) is 4.24. The van der Waals surface area contributed by atoms with Gasteiger partial charge < -0.3 is 14.4 Å². The van der Waals surface area contributed by atoms with Gasteiger partial charge in [0.05, 0.1) is 25.1 Å². The van der Waals surface area contributed by atoms with Gasteiger partial charge in [-0.25, -0.2) is 4.68 Å². The summed E-state index contributed by atoms with van der Waals surface area (Å²) in [6, 6.07) is 10.1. The summed E-state index contributed by atoms with van der Waals surface area (Å²) in [6.07, 6.45) is 5.50. The molecule has 2 fully saturated rings. The molecule has 0 radical (unpaired) electrons. The number of carbonyl (C=O) groups excluding carboxylic acids is 2. The van der Waals surface area contributed by atoms with Crippen LogP contribution >= 0.6 is 0 Å². The number of nitrogens with zero attached hydrogens (tertiary/aromatic N) is 3. The van der Waals surface area contributed by atoms with Gasteiger partial charge in [-0.1, -0.05) is 18.2 Å². The van der Waals surface area contributed by atoms with Gasteiger partial charge >= 0.3 is 5.97 Å². The third kappa shape index (κ3) is 2.87. The number of para-hydroxylation sites is 1. The highest BCUT2D eigenvalue weighted by molar-refractivity contribution is 6.05. The lowest BCUT2D eigenvalue weighted by atomic mass is 9.83. The molecule has 1 saturated heterocycles. The van der Waals surface area contributed by atoms with E-state index >= 15 is 0 Å². The zero-order valence-corrected chi connectivity index (χ0v) is 16.6. The molecule has 5 rings (SSSR count). The Balaban J connectivity index is 1.36. The first-order valence-electron chi connectivity index (χ1n) is 10.2. The number of esters is 1. The zero-order chi connectivity index (χ0) is 20.1. The van der Waals surface area contributed by atoms with Gasteiger partial charge in [0, 0.05) is 19.3 Å².